The molecule has 82 valence electrons. The second kappa shape index (κ2) is 4.21. The normalized spacial score (nSPS) is 23.1. The van der Waals surface area contributed by atoms with Crippen molar-refractivity contribution in [1.29, 1.82) is 0 Å². The summed E-state index contributed by atoms with van der Waals surface area (Å²) in [4.78, 5) is 9.96. The van der Waals surface area contributed by atoms with Gasteiger partial charge in [-0.15, -0.1) is 0 Å². The largest absolute Gasteiger partial charge is 0.391 e. The van der Waals surface area contributed by atoms with Gasteiger partial charge < -0.3 is 14.6 Å². The van der Waals surface area contributed by atoms with Gasteiger partial charge in [-0.05, 0) is 6.42 Å². The molecule has 1 aromatic heterocycles. The molecule has 1 aromatic rings. The van der Waals surface area contributed by atoms with Crippen LogP contribution in [0.15, 0.2) is 17.3 Å². The second-order valence-electron chi connectivity index (χ2n) is 3.36. The predicted octanol–water partition coefficient (Wildman–Crippen LogP) is -0.372. The Balaban J connectivity index is 2.13. The Hall–Kier alpha value is -1.05. The summed E-state index contributed by atoms with van der Waals surface area (Å²) in [5.41, 5.74) is 0. The van der Waals surface area contributed by atoms with E-state index in [1.807, 2.05) is 4.90 Å². The summed E-state index contributed by atoms with van der Waals surface area (Å²) in [7, 11) is 0. The number of hydrogen-bond acceptors (Lipinski definition) is 5. The third-order valence-corrected chi connectivity index (χ3v) is 2.88. The van der Waals surface area contributed by atoms with Gasteiger partial charge in [-0.2, -0.15) is 0 Å². The summed E-state index contributed by atoms with van der Waals surface area (Å²) in [6.45, 7) is 1.23. The first-order valence-electron chi connectivity index (χ1n) is 4.53. The maximum absolute atomic E-state index is 10.7. The lowest BCUT2D eigenvalue weighted by Crippen LogP contribution is -2.23. The Bertz CT molecular complexity index is 370. The molecule has 0 amide bonds. The van der Waals surface area contributed by atoms with Crippen LogP contribution < -0.4 is 4.90 Å². The van der Waals surface area contributed by atoms with E-state index in [1.165, 1.54) is 12.4 Å². The predicted molar refractivity (Wildman–Crippen MR) is 53.9 cm³/mol. The quantitative estimate of drug-likeness (QED) is 0.673. The van der Waals surface area contributed by atoms with Gasteiger partial charge in [0.25, 0.3) is 0 Å². The monoisotopic (exact) mass is 229 g/mol. The summed E-state index contributed by atoms with van der Waals surface area (Å²) in [6.07, 6.45) is 3.02. The molecule has 7 heteroatoms. The van der Waals surface area contributed by atoms with Crippen LogP contribution in [-0.2, 0) is 11.1 Å². The molecule has 1 aliphatic heterocycles. The number of nitrogens with zero attached hydrogens (tertiary/aromatic N) is 3. The average Bonchev–Trinajstić information content (AvgIpc) is 2.65. The van der Waals surface area contributed by atoms with Crippen LogP contribution in [0, 0.1) is 0 Å². The highest BCUT2D eigenvalue weighted by Crippen LogP contribution is 2.15. The van der Waals surface area contributed by atoms with Crippen LogP contribution in [-0.4, -0.2) is 43.0 Å². The Labute approximate surface area is 89.3 Å². The molecule has 2 heterocycles. The molecule has 0 aliphatic carbocycles. The maximum atomic E-state index is 10.7. The molecule has 15 heavy (non-hydrogen) atoms. The number of hydrogen-bond donors (Lipinski definition) is 2. The van der Waals surface area contributed by atoms with E-state index < -0.39 is 11.1 Å². The van der Waals surface area contributed by atoms with Crippen LogP contribution >= 0.6 is 0 Å². The van der Waals surface area contributed by atoms with Crippen LogP contribution in [0.2, 0.25) is 0 Å². The molecule has 0 bridgehead atoms. The summed E-state index contributed by atoms with van der Waals surface area (Å²) in [5, 5.41) is 9.32. The zero-order valence-corrected chi connectivity index (χ0v) is 8.72. The highest BCUT2D eigenvalue weighted by atomic mass is 32.2. The van der Waals surface area contributed by atoms with Crippen molar-refractivity contribution in [2.24, 2.45) is 0 Å². The van der Waals surface area contributed by atoms with Gasteiger partial charge in [0.2, 0.25) is 5.95 Å². The number of β-amino-alcohol motifs (C(OH)–C–C–N with tert-alkyl or cyclic N) is 1. The highest BCUT2D eigenvalue weighted by molar-refractivity contribution is 7.79. The fourth-order valence-corrected chi connectivity index (χ4v) is 1.77. The van der Waals surface area contributed by atoms with E-state index >= 15 is 0 Å². The highest BCUT2D eigenvalue weighted by Gasteiger charge is 2.22. The van der Waals surface area contributed by atoms with E-state index in [9.17, 15) is 9.32 Å². The topological polar surface area (TPSA) is 86.5 Å². The molecule has 0 saturated carbocycles. The number of anilines is 1. The minimum Gasteiger partial charge on any atom is -0.391 e. The first-order chi connectivity index (χ1) is 7.16. The Morgan fingerprint density at radius 3 is 2.60 bits per heavy atom. The molecule has 2 N–H and O–H groups in total. The minimum atomic E-state index is -2.04. The van der Waals surface area contributed by atoms with Crippen molar-refractivity contribution in [2.45, 2.75) is 17.4 Å². The smallest absolute Gasteiger partial charge is 0.225 e. The lowest BCUT2D eigenvalue weighted by atomic mass is 10.3. The van der Waals surface area contributed by atoms with Crippen molar-refractivity contribution in [1.82, 2.24) is 9.97 Å². The van der Waals surface area contributed by atoms with Crippen molar-refractivity contribution in [2.75, 3.05) is 18.0 Å². The molecule has 1 aliphatic rings. The van der Waals surface area contributed by atoms with Crippen molar-refractivity contribution in [3.63, 3.8) is 0 Å². The summed E-state index contributed by atoms with van der Waals surface area (Å²) in [5.74, 6) is 0.487. The number of aromatic nitrogens is 2. The summed E-state index contributed by atoms with van der Waals surface area (Å²) >= 11 is -2.04. The van der Waals surface area contributed by atoms with E-state index in [0.717, 1.165) is 0 Å². The zero-order valence-electron chi connectivity index (χ0n) is 7.91. The van der Waals surface area contributed by atoms with Crippen molar-refractivity contribution >= 4 is 17.0 Å². The molecular formula is C8H11N3O3S. The first-order valence-corrected chi connectivity index (χ1v) is 5.63. The fraction of sp³-hybridized carbons (Fsp3) is 0.500. The molecular weight excluding hydrogens is 218 g/mol. The Morgan fingerprint density at radius 1 is 1.47 bits per heavy atom. The van der Waals surface area contributed by atoms with Gasteiger partial charge in [0.1, 0.15) is 4.90 Å². The summed E-state index contributed by atoms with van der Waals surface area (Å²) in [6, 6.07) is 0. The molecule has 1 unspecified atom stereocenters. The van der Waals surface area contributed by atoms with E-state index in [2.05, 4.69) is 9.97 Å². The molecule has 0 aromatic carbocycles. The van der Waals surface area contributed by atoms with Crippen LogP contribution in [0.4, 0.5) is 5.95 Å². The van der Waals surface area contributed by atoms with E-state index in [0.29, 0.717) is 25.5 Å². The third kappa shape index (κ3) is 2.31. The second-order valence-corrected chi connectivity index (χ2v) is 4.33. The number of aliphatic hydroxyl groups excluding tert-OH is 1. The Kier molecular flexibility index (Phi) is 2.94. The molecule has 2 rings (SSSR count). The molecule has 6 nitrogen and oxygen atoms in total. The SMILES string of the molecule is O=S(O)c1cnc(N2CC[C@H](O)C2)nc1. The van der Waals surface area contributed by atoms with E-state index in [4.69, 9.17) is 4.55 Å². The van der Waals surface area contributed by atoms with Gasteiger partial charge in [0.05, 0.1) is 18.5 Å². The molecule has 2 atom stereocenters. The molecule has 1 saturated heterocycles. The van der Waals surface area contributed by atoms with Gasteiger partial charge in [0.15, 0.2) is 11.1 Å². The van der Waals surface area contributed by atoms with Crippen molar-refractivity contribution in [3.8, 4) is 0 Å². The lowest BCUT2D eigenvalue weighted by molar-refractivity contribution is 0.198. The van der Waals surface area contributed by atoms with E-state index in [1.54, 1.807) is 0 Å². The van der Waals surface area contributed by atoms with Crippen LogP contribution in [0.1, 0.15) is 6.42 Å². The maximum Gasteiger partial charge on any atom is 0.225 e. The Morgan fingerprint density at radius 2 is 2.13 bits per heavy atom. The first kappa shape index (κ1) is 10.5. The van der Waals surface area contributed by atoms with Gasteiger partial charge in [-0.3, -0.25) is 0 Å². The number of rotatable bonds is 2. The van der Waals surface area contributed by atoms with Crippen LogP contribution in [0.5, 0.6) is 0 Å². The average molecular weight is 229 g/mol. The van der Waals surface area contributed by atoms with E-state index in [-0.39, 0.29) is 11.0 Å². The van der Waals surface area contributed by atoms with Crippen LogP contribution in [0.3, 0.4) is 0 Å². The number of aliphatic hydroxyl groups is 1. The zero-order chi connectivity index (χ0) is 10.8. The molecule has 1 fully saturated rings. The van der Waals surface area contributed by atoms with Gasteiger partial charge in [-0.1, -0.05) is 0 Å². The van der Waals surface area contributed by atoms with Crippen LogP contribution in [0.25, 0.3) is 0 Å². The molecule has 0 spiro atoms. The standard InChI is InChI=1S/C8H11N3O3S/c12-6-1-2-11(5-6)8-9-3-7(4-10-8)15(13)14/h3-4,6,12H,1-2,5H2,(H,13,14)/t6-/m0/s1. The minimum absolute atomic E-state index is 0.179. The lowest BCUT2D eigenvalue weighted by Gasteiger charge is -2.14. The van der Waals surface area contributed by atoms with Gasteiger partial charge >= 0.3 is 0 Å². The molecule has 0 radical (unpaired) electrons. The fourth-order valence-electron chi connectivity index (χ4n) is 1.49. The third-order valence-electron chi connectivity index (χ3n) is 2.26. The van der Waals surface area contributed by atoms with Gasteiger partial charge in [0, 0.05) is 13.1 Å². The van der Waals surface area contributed by atoms with Gasteiger partial charge in [-0.25, -0.2) is 14.2 Å². The summed E-state index contributed by atoms with van der Waals surface area (Å²) < 4.78 is 19.4. The van der Waals surface area contributed by atoms with Crippen molar-refractivity contribution < 1.29 is 13.9 Å². The van der Waals surface area contributed by atoms with Crippen molar-refractivity contribution in [3.05, 3.63) is 12.4 Å².